The molecule has 17 heavy (non-hydrogen) atoms. The number of likely N-dealkylation sites (tertiary alicyclic amines) is 1. The van der Waals surface area contributed by atoms with E-state index in [0.717, 1.165) is 0 Å². The number of aliphatic hydroxyl groups is 1. The summed E-state index contributed by atoms with van der Waals surface area (Å²) in [5.74, 6) is -0.346. The highest BCUT2D eigenvalue weighted by Crippen LogP contribution is 2.07. The Morgan fingerprint density at radius 2 is 2.06 bits per heavy atom. The van der Waals surface area contributed by atoms with E-state index in [1.807, 2.05) is 25.7 Å². The molecule has 0 radical (unpaired) electrons. The van der Waals surface area contributed by atoms with Gasteiger partial charge in [0.05, 0.1) is 12.6 Å². The zero-order valence-electron chi connectivity index (χ0n) is 10.6. The first-order valence-electron chi connectivity index (χ1n) is 5.79. The molecule has 0 aromatic carbocycles. The van der Waals surface area contributed by atoms with E-state index in [4.69, 9.17) is 0 Å². The Labute approximate surface area is 101 Å². The van der Waals surface area contributed by atoms with Crippen LogP contribution >= 0.6 is 0 Å². The van der Waals surface area contributed by atoms with E-state index in [0.29, 0.717) is 19.5 Å². The first kappa shape index (κ1) is 13.9. The Hall–Kier alpha value is -1.14. The predicted octanol–water partition coefficient (Wildman–Crippen LogP) is -0.323. The van der Waals surface area contributed by atoms with Crippen molar-refractivity contribution in [2.75, 3.05) is 19.6 Å². The van der Waals surface area contributed by atoms with E-state index < -0.39 is 6.03 Å². The van der Waals surface area contributed by atoms with Gasteiger partial charge in [-0.15, -0.1) is 0 Å². The second-order valence-electron chi connectivity index (χ2n) is 5.43. The Bertz CT molecular complexity index is 299. The van der Waals surface area contributed by atoms with Crippen LogP contribution in [0.4, 0.5) is 4.79 Å². The van der Waals surface area contributed by atoms with Crippen LogP contribution in [0.3, 0.4) is 0 Å². The molecule has 1 atom stereocenters. The zero-order valence-corrected chi connectivity index (χ0v) is 10.6. The van der Waals surface area contributed by atoms with Crippen LogP contribution in [0.2, 0.25) is 0 Å². The lowest BCUT2D eigenvalue weighted by atomic mass is 10.1. The molecular formula is C11H21N3O3. The van der Waals surface area contributed by atoms with Gasteiger partial charge in [0.2, 0.25) is 5.91 Å². The van der Waals surface area contributed by atoms with Gasteiger partial charge >= 0.3 is 6.03 Å². The number of hydrogen-bond donors (Lipinski definition) is 3. The van der Waals surface area contributed by atoms with Crippen LogP contribution in [0, 0.1) is 0 Å². The molecule has 0 aromatic rings. The van der Waals surface area contributed by atoms with Crippen molar-refractivity contribution in [2.24, 2.45) is 0 Å². The first-order valence-corrected chi connectivity index (χ1v) is 5.79. The lowest BCUT2D eigenvalue weighted by Crippen LogP contribution is -2.50. The average Bonchev–Trinajstić information content (AvgIpc) is 2.46. The molecule has 0 spiro atoms. The van der Waals surface area contributed by atoms with E-state index in [-0.39, 0.29) is 24.1 Å². The van der Waals surface area contributed by atoms with Crippen LogP contribution in [-0.4, -0.2) is 53.2 Å². The Morgan fingerprint density at radius 1 is 1.41 bits per heavy atom. The number of nitrogens with zero attached hydrogens (tertiary/aromatic N) is 1. The number of carbonyl (C=O) groups excluding carboxylic acids is 2. The molecule has 1 rings (SSSR count). The van der Waals surface area contributed by atoms with E-state index >= 15 is 0 Å². The minimum absolute atomic E-state index is 0.147. The second-order valence-corrected chi connectivity index (χ2v) is 5.43. The third kappa shape index (κ3) is 5.65. The molecule has 3 amide bonds. The quantitative estimate of drug-likeness (QED) is 0.620. The molecular weight excluding hydrogens is 222 g/mol. The van der Waals surface area contributed by atoms with Crippen molar-refractivity contribution in [3.05, 3.63) is 0 Å². The summed E-state index contributed by atoms with van der Waals surface area (Å²) in [6, 6.07) is -0.484. The highest BCUT2D eigenvalue weighted by molar-refractivity contribution is 5.95. The van der Waals surface area contributed by atoms with Gasteiger partial charge in [-0.2, -0.15) is 0 Å². The number of imide groups is 1. The molecule has 6 nitrogen and oxygen atoms in total. The molecule has 1 aliphatic heterocycles. The van der Waals surface area contributed by atoms with E-state index in [9.17, 15) is 14.7 Å². The van der Waals surface area contributed by atoms with Gasteiger partial charge in [0, 0.05) is 18.6 Å². The zero-order chi connectivity index (χ0) is 13.1. The van der Waals surface area contributed by atoms with Gasteiger partial charge in [-0.3, -0.25) is 15.0 Å². The summed E-state index contributed by atoms with van der Waals surface area (Å²) in [5.41, 5.74) is -0.367. The molecule has 3 N–H and O–H groups in total. The van der Waals surface area contributed by atoms with Crippen LogP contribution < -0.4 is 10.6 Å². The summed E-state index contributed by atoms with van der Waals surface area (Å²) in [6.07, 6.45) is 0.327. The number of carbonyl (C=O) groups is 2. The van der Waals surface area contributed by atoms with Crippen molar-refractivity contribution in [3.8, 4) is 0 Å². The molecule has 1 fully saturated rings. The lowest BCUT2D eigenvalue weighted by Gasteiger charge is -2.21. The average molecular weight is 243 g/mol. The molecule has 0 bridgehead atoms. The summed E-state index contributed by atoms with van der Waals surface area (Å²) in [5, 5.41) is 14.2. The molecule has 0 unspecified atom stereocenters. The monoisotopic (exact) mass is 243 g/mol. The molecule has 0 aliphatic carbocycles. The maximum absolute atomic E-state index is 11.5. The number of urea groups is 1. The van der Waals surface area contributed by atoms with Crippen LogP contribution in [0.15, 0.2) is 0 Å². The second kappa shape index (κ2) is 5.46. The normalized spacial score (nSPS) is 21.3. The number of aliphatic hydroxyl groups excluding tert-OH is 1. The number of nitrogens with one attached hydrogen (secondary N) is 2. The minimum atomic E-state index is -0.484. The SMILES string of the molecule is CC(C)(C)NC(=O)NC(=O)CN1CC[C@H](O)C1. The maximum Gasteiger partial charge on any atom is 0.321 e. The smallest absolute Gasteiger partial charge is 0.321 e. The first-order chi connectivity index (χ1) is 7.76. The van der Waals surface area contributed by atoms with Gasteiger partial charge in [-0.1, -0.05) is 0 Å². The number of rotatable bonds is 2. The van der Waals surface area contributed by atoms with E-state index in [1.165, 1.54) is 0 Å². The Kier molecular flexibility index (Phi) is 4.47. The molecule has 1 saturated heterocycles. The van der Waals surface area contributed by atoms with Gasteiger partial charge in [-0.05, 0) is 27.2 Å². The van der Waals surface area contributed by atoms with Crippen molar-refractivity contribution in [1.82, 2.24) is 15.5 Å². The van der Waals surface area contributed by atoms with Crippen molar-refractivity contribution < 1.29 is 14.7 Å². The van der Waals surface area contributed by atoms with Crippen molar-refractivity contribution >= 4 is 11.9 Å². The van der Waals surface area contributed by atoms with Gasteiger partial charge in [0.15, 0.2) is 0 Å². The lowest BCUT2D eigenvalue weighted by molar-refractivity contribution is -0.121. The summed E-state index contributed by atoms with van der Waals surface area (Å²) in [6.45, 7) is 6.86. The van der Waals surface area contributed by atoms with Gasteiger partial charge in [0.25, 0.3) is 0 Å². The molecule has 6 heteroatoms. The molecule has 1 aliphatic rings. The topological polar surface area (TPSA) is 81.7 Å². The van der Waals surface area contributed by atoms with Crippen molar-refractivity contribution in [1.29, 1.82) is 0 Å². The Balaban J connectivity index is 2.27. The fraction of sp³-hybridized carbons (Fsp3) is 0.818. The summed E-state index contributed by atoms with van der Waals surface area (Å²) >= 11 is 0. The van der Waals surface area contributed by atoms with Crippen LogP contribution in [0.5, 0.6) is 0 Å². The molecule has 98 valence electrons. The predicted molar refractivity (Wildman–Crippen MR) is 63.5 cm³/mol. The fourth-order valence-corrected chi connectivity index (χ4v) is 1.70. The third-order valence-electron chi connectivity index (χ3n) is 2.36. The van der Waals surface area contributed by atoms with Crippen LogP contribution in [0.1, 0.15) is 27.2 Å². The van der Waals surface area contributed by atoms with Gasteiger partial charge in [-0.25, -0.2) is 4.79 Å². The summed E-state index contributed by atoms with van der Waals surface area (Å²) < 4.78 is 0. The van der Waals surface area contributed by atoms with Crippen LogP contribution in [-0.2, 0) is 4.79 Å². The van der Waals surface area contributed by atoms with Gasteiger partial charge < -0.3 is 10.4 Å². The maximum atomic E-state index is 11.5. The van der Waals surface area contributed by atoms with Gasteiger partial charge in [0.1, 0.15) is 0 Å². The van der Waals surface area contributed by atoms with Crippen molar-refractivity contribution in [3.63, 3.8) is 0 Å². The molecule has 1 heterocycles. The number of hydrogen-bond acceptors (Lipinski definition) is 4. The van der Waals surface area contributed by atoms with Crippen molar-refractivity contribution in [2.45, 2.75) is 38.8 Å². The van der Waals surface area contributed by atoms with Crippen LogP contribution in [0.25, 0.3) is 0 Å². The third-order valence-corrected chi connectivity index (χ3v) is 2.36. The summed E-state index contributed by atoms with van der Waals surface area (Å²) in [7, 11) is 0. The number of β-amino-alcohol motifs (C(OH)–C–C–N with tert-alkyl or cyclic N) is 1. The highest BCUT2D eigenvalue weighted by atomic mass is 16.3. The largest absolute Gasteiger partial charge is 0.392 e. The molecule has 0 aromatic heterocycles. The summed E-state index contributed by atoms with van der Waals surface area (Å²) in [4.78, 5) is 24.7. The van der Waals surface area contributed by atoms with E-state index in [1.54, 1.807) is 0 Å². The Morgan fingerprint density at radius 3 is 2.53 bits per heavy atom. The number of amides is 3. The highest BCUT2D eigenvalue weighted by Gasteiger charge is 2.23. The van der Waals surface area contributed by atoms with E-state index in [2.05, 4.69) is 10.6 Å². The standard InChI is InChI=1S/C11H21N3O3/c1-11(2,3)13-10(17)12-9(16)7-14-5-4-8(15)6-14/h8,15H,4-7H2,1-3H3,(H2,12,13,16,17)/t8-/m0/s1. The molecule has 0 saturated carbocycles. The minimum Gasteiger partial charge on any atom is -0.392 e. The fourth-order valence-electron chi connectivity index (χ4n) is 1.70.